The first-order chi connectivity index (χ1) is 11.2. The third-order valence-corrected chi connectivity index (χ3v) is 4.85. The molecule has 3 aromatic heterocycles. The average molecular weight is 331 g/mol. The van der Waals surface area contributed by atoms with Gasteiger partial charge < -0.3 is 14.5 Å². The Bertz CT molecular complexity index is 845. The van der Waals surface area contributed by atoms with E-state index < -0.39 is 6.10 Å². The predicted octanol–water partition coefficient (Wildman–Crippen LogP) is 2.26. The SMILES string of the molecule is CCc1nc(N2C[C@@H](O)C[C@@H]2c2nc(C)no2)c2ccsc2n1. The van der Waals surface area contributed by atoms with Crippen LogP contribution in [0.4, 0.5) is 5.82 Å². The van der Waals surface area contributed by atoms with Crippen molar-refractivity contribution >= 4 is 27.4 Å². The lowest BCUT2D eigenvalue weighted by Gasteiger charge is -2.23. The number of aromatic nitrogens is 4. The van der Waals surface area contributed by atoms with Crippen molar-refractivity contribution in [3.05, 3.63) is 29.0 Å². The summed E-state index contributed by atoms with van der Waals surface area (Å²) in [6.07, 6.45) is 0.876. The maximum atomic E-state index is 10.2. The quantitative estimate of drug-likeness (QED) is 0.787. The number of aryl methyl sites for hydroxylation is 2. The van der Waals surface area contributed by atoms with E-state index in [0.29, 0.717) is 24.7 Å². The number of fused-ring (bicyclic) bond motifs is 1. The molecule has 0 aromatic carbocycles. The first kappa shape index (κ1) is 14.5. The van der Waals surface area contributed by atoms with Crippen LogP contribution in [0.3, 0.4) is 0 Å². The van der Waals surface area contributed by atoms with Crippen molar-refractivity contribution in [2.45, 2.75) is 38.8 Å². The molecule has 120 valence electrons. The van der Waals surface area contributed by atoms with Crippen molar-refractivity contribution in [2.75, 3.05) is 11.4 Å². The van der Waals surface area contributed by atoms with Gasteiger partial charge in [-0.3, -0.25) is 0 Å². The molecule has 0 bridgehead atoms. The molecular weight excluding hydrogens is 314 g/mol. The minimum Gasteiger partial charge on any atom is -0.391 e. The fourth-order valence-corrected chi connectivity index (χ4v) is 3.77. The third kappa shape index (κ3) is 2.47. The van der Waals surface area contributed by atoms with E-state index in [1.807, 2.05) is 18.4 Å². The smallest absolute Gasteiger partial charge is 0.249 e. The highest BCUT2D eigenvalue weighted by molar-refractivity contribution is 7.16. The minimum absolute atomic E-state index is 0.158. The number of β-amino-alcohol motifs (C(OH)–C–C–N with tert-alkyl or cyclic N) is 1. The van der Waals surface area contributed by atoms with Crippen LogP contribution in [0.1, 0.15) is 36.9 Å². The highest BCUT2D eigenvalue weighted by atomic mass is 32.1. The molecular formula is C15H17N5O2S. The van der Waals surface area contributed by atoms with Gasteiger partial charge in [-0.25, -0.2) is 9.97 Å². The second kappa shape index (κ2) is 5.54. The van der Waals surface area contributed by atoms with Gasteiger partial charge in [0.15, 0.2) is 5.82 Å². The minimum atomic E-state index is -0.444. The van der Waals surface area contributed by atoms with E-state index in [1.165, 1.54) is 0 Å². The van der Waals surface area contributed by atoms with E-state index in [1.54, 1.807) is 18.3 Å². The lowest BCUT2D eigenvalue weighted by atomic mass is 10.2. The second-order valence-corrected chi connectivity index (χ2v) is 6.59. The Kier molecular flexibility index (Phi) is 3.50. The Morgan fingerprint density at radius 1 is 1.39 bits per heavy atom. The zero-order chi connectivity index (χ0) is 16.0. The molecule has 0 spiro atoms. The lowest BCUT2D eigenvalue weighted by molar-refractivity contribution is 0.191. The molecule has 7 nitrogen and oxygen atoms in total. The fraction of sp³-hybridized carbons (Fsp3) is 0.467. The summed E-state index contributed by atoms with van der Waals surface area (Å²) in [6.45, 7) is 4.33. The van der Waals surface area contributed by atoms with Crippen molar-refractivity contribution < 1.29 is 9.63 Å². The Hall–Kier alpha value is -2.06. The Balaban J connectivity index is 1.83. The van der Waals surface area contributed by atoms with Gasteiger partial charge in [-0.05, 0) is 18.4 Å². The number of rotatable bonds is 3. The summed E-state index contributed by atoms with van der Waals surface area (Å²) in [4.78, 5) is 16.7. The van der Waals surface area contributed by atoms with Crippen LogP contribution in [0, 0.1) is 6.92 Å². The van der Waals surface area contributed by atoms with Crippen molar-refractivity contribution in [3.63, 3.8) is 0 Å². The van der Waals surface area contributed by atoms with Crippen molar-refractivity contribution in [2.24, 2.45) is 0 Å². The maximum absolute atomic E-state index is 10.2. The second-order valence-electron chi connectivity index (χ2n) is 5.69. The first-order valence-corrected chi connectivity index (χ1v) is 8.52. The number of hydrogen-bond acceptors (Lipinski definition) is 8. The van der Waals surface area contributed by atoms with Crippen LogP contribution >= 0.6 is 11.3 Å². The van der Waals surface area contributed by atoms with Crippen molar-refractivity contribution in [1.29, 1.82) is 0 Å². The summed E-state index contributed by atoms with van der Waals surface area (Å²) in [6, 6.07) is 1.86. The standard InChI is InChI=1S/C15H17N5O2S/c1-3-12-17-13(10-4-5-23-15(10)18-12)20-7-9(21)6-11(20)14-16-8(2)19-22-14/h4-5,9,11,21H,3,6-7H2,1-2H3/t9-,11+/m0/s1. The number of hydrogen-bond donors (Lipinski definition) is 1. The van der Waals surface area contributed by atoms with Gasteiger partial charge in [0.25, 0.3) is 0 Å². The molecule has 1 N–H and O–H groups in total. The summed E-state index contributed by atoms with van der Waals surface area (Å²) in [5.41, 5.74) is 0. The van der Waals surface area contributed by atoms with E-state index in [9.17, 15) is 5.11 Å². The molecule has 23 heavy (non-hydrogen) atoms. The lowest BCUT2D eigenvalue weighted by Crippen LogP contribution is -2.26. The maximum Gasteiger partial charge on any atom is 0.249 e. The summed E-state index contributed by atoms with van der Waals surface area (Å²) in [7, 11) is 0. The zero-order valence-electron chi connectivity index (χ0n) is 12.9. The van der Waals surface area contributed by atoms with E-state index in [4.69, 9.17) is 9.51 Å². The van der Waals surface area contributed by atoms with E-state index in [0.717, 1.165) is 28.3 Å². The molecule has 1 fully saturated rings. The molecule has 2 atom stereocenters. The zero-order valence-corrected chi connectivity index (χ0v) is 13.7. The van der Waals surface area contributed by atoms with Crippen LogP contribution in [0.25, 0.3) is 10.2 Å². The summed E-state index contributed by atoms with van der Waals surface area (Å²) >= 11 is 1.60. The molecule has 0 radical (unpaired) electrons. The number of thiophene rings is 1. The van der Waals surface area contributed by atoms with E-state index in [2.05, 4.69) is 20.0 Å². The van der Waals surface area contributed by atoms with E-state index >= 15 is 0 Å². The molecule has 0 saturated carbocycles. The highest BCUT2D eigenvalue weighted by Crippen LogP contribution is 2.38. The van der Waals surface area contributed by atoms with Gasteiger partial charge >= 0.3 is 0 Å². The van der Waals surface area contributed by atoms with E-state index in [-0.39, 0.29) is 6.04 Å². The Morgan fingerprint density at radius 2 is 2.26 bits per heavy atom. The van der Waals surface area contributed by atoms with Gasteiger partial charge in [-0.2, -0.15) is 4.98 Å². The van der Waals surface area contributed by atoms with Crippen LogP contribution in [0.2, 0.25) is 0 Å². The number of aliphatic hydroxyl groups excluding tert-OH is 1. The third-order valence-electron chi connectivity index (χ3n) is 4.05. The average Bonchev–Trinajstić information content (AvgIpc) is 3.25. The first-order valence-electron chi connectivity index (χ1n) is 7.64. The fourth-order valence-electron chi connectivity index (χ4n) is 2.99. The van der Waals surface area contributed by atoms with Gasteiger partial charge in [0, 0.05) is 19.4 Å². The summed E-state index contributed by atoms with van der Waals surface area (Å²) in [5, 5.41) is 17.1. The number of aliphatic hydroxyl groups is 1. The highest BCUT2D eigenvalue weighted by Gasteiger charge is 2.37. The van der Waals surface area contributed by atoms with Crippen LogP contribution < -0.4 is 4.90 Å². The summed E-state index contributed by atoms with van der Waals surface area (Å²) in [5.74, 6) is 2.76. The molecule has 1 saturated heterocycles. The molecule has 0 unspecified atom stereocenters. The predicted molar refractivity (Wildman–Crippen MR) is 86.5 cm³/mol. The Labute approximate surface area is 137 Å². The van der Waals surface area contributed by atoms with Crippen LogP contribution in [-0.4, -0.2) is 37.9 Å². The molecule has 0 aliphatic carbocycles. The van der Waals surface area contributed by atoms with Gasteiger partial charge in [-0.1, -0.05) is 12.1 Å². The van der Waals surface area contributed by atoms with Gasteiger partial charge in [0.05, 0.1) is 11.5 Å². The van der Waals surface area contributed by atoms with Crippen LogP contribution in [0.5, 0.6) is 0 Å². The van der Waals surface area contributed by atoms with Crippen LogP contribution in [-0.2, 0) is 6.42 Å². The normalized spacial score (nSPS) is 21.4. The molecule has 1 aliphatic heterocycles. The van der Waals surface area contributed by atoms with Gasteiger partial charge in [0.2, 0.25) is 5.89 Å². The summed E-state index contributed by atoms with van der Waals surface area (Å²) < 4.78 is 5.34. The number of anilines is 1. The van der Waals surface area contributed by atoms with Crippen molar-refractivity contribution in [1.82, 2.24) is 20.1 Å². The van der Waals surface area contributed by atoms with Gasteiger partial charge in [0.1, 0.15) is 22.5 Å². The van der Waals surface area contributed by atoms with Crippen LogP contribution in [0.15, 0.2) is 16.0 Å². The molecule has 0 amide bonds. The largest absolute Gasteiger partial charge is 0.391 e. The topological polar surface area (TPSA) is 88.2 Å². The molecule has 4 heterocycles. The Morgan fingerprint density at radius 3 is 3.00 bits per heavy atom. The monoisotopic (exact) mass is 331 g/mol. The molecule has 4 rings (SSSR count). The molecule has 1 aliphatic rings. The molecule has 8 heteroatoms. The van der Waals surface area contributed by atoms with Crippen molar-refractivity contribution in [3.8, 4) is 0 Å². The number of nitrogens with zero attached hydrogens (tertiary/aromatic N) is 5. The van der Waals surface area contributed by atoms with Gasteiger partial charge in [-0.15, -0.1) is 11.3 Å². The molecule has 3 aromatic rings.